The third kappa shape index (κ3) is 3.81. The Balaban J connectivity index is 1.91. The summed E-state index contributed by atoms with van der Waals surface area (Å²) in [7, 11) is 0. The summed E-state index contributed by atoms with van der Waals surface area (Å²) in [6.45, 7) is 1.51. The normalized spacial score (nSPS) is 14.5. The van der Waals surface area contributed by atoms with E-state index in [4.69, 9.17) is 23.2 Å². The Labute approximate surface area is 120 Å². The van der Waals surface area contributed by atoms with E-state index in [-0.39, 0.29) is 22.8 Å². The maximum atomic E-state index is 11.8. The first kappa shape index (κ1) is 14.1. The number of halogens is 2. The SMILES string of the molecule is O=C(NCC(=O)N1CCCC1)c1cc(Cl)nc(Cl)c1. The van der Waals surface area contributed by atoms with Crippen molar-refractivity contribution in [3.05, 3.63) is 28.0 Å². The predicted octanol–water partition coefficient (Wildman–Crippen LogP) is 1.74. The highest BCUT2D eigenvalue weighted by Gasteiger charge is 2.18. The Morgan fingerprint density at radius 3 is 2.37 bits per heavy atom. The second-order valence-electron chi connectivity index (χ2n) is 4.27. The van der Waals surface area contributed by atoms with Gasteiger partial charge in [0.1, 0.15) is 10.3 Å². The molecule has 2 amide bonds. The zero-order valence-corrected chi connectivity index (χ0v) is 11.7. The van der Waals surface area contributed by atoms with E-state index >= 15 is 0 Å². The molecule has 0 aliphatic carbocycles. The molecule has 0 bridgehead atoms. The van der Waals surface area contributed by atoms with Crippen molar-refractivity contribution in [2.24, 2.45) is 0 Å². The van der Waals surface area contributed by atoms with Crippen LogP contribution in [0.15, 0.2) is 12.1 Å². The molecule has 5 nitrogen and oxygen atoms in total. The summed E-state index contributed by atoms with van der Waals surface area (Å²) >= 11 is 11.4. The average Bonchev–Trinajstić information content (AvgIpc) is 2.88. The maximum absolute atomic E-state index is 11.8. The van der Waals surface area contributed by atoms with E-state index in [1.54, 1.807) is 4.90 Å². The minimum absolute atomic E-state index is 0.0175. The van der Waals surface area contributed by atoms with Crippen molar-refractivity contribution in [2.75, 3.05) is 19.6 Å². The first-order chi connectivity index (χ1) is 9.06. The van der Waals surface area contributed by atoms with Crippen LogP contribution >= 0.6 is 23.2 Å². The van der Waals surface area contributed by atoms with Crippen molar-refractivity contribution in [2.45, 2.75) is 12.8 Å². The van der Waals surface area contributed by atoms with E-state index in [2.05, 4.69) is 10.3 Å². The van der Waals surface area contributed by atoms with Crippen LogP contribution in [-0.2, 0) is 4.79 Å². The Morgan fingerprint density at radius 1 is 1.21 bits per heavy atom. The van der Waals surface area contributed by atoms with E-state index in [0.29, 0.717) is 5.56 Å². The zero-order valence-electron chi connectivity index (χ0n) is 10.2. The minimum Gasteiger partial charge on any atom is -0.343 e. The Hall–Kier alpha value is -1.33. The molecule has 0 unspecified atom stereocenters. The van der Waals surface area contributed by atoms with Crippen molar-refractivity contribution >= 4 is 35.0 Å². The topological polar surface area (TPSA) is 62.3 Å². The van der Waals surface area contributed by atoms with Crippen molar-refractivity contribution in [1.29, 1.82) is 0 Å². The number of nitrogens with one attached hydrogen (secondary N) is 1. The third-order valence-corrected chi connectivity index (χ3v) is 3.27. The lowest BCUT2D eigenvalue weighted by Crippen LogP contribution is -2.38. The minimum atomic E-state index is -0.390. The number of hydrogen-bond acceptors (Lipinski definition) is 3. The van der Waals surface area contributed by atoms with Gasteiger partial charge in [-0.3, -0.25) is 9.59 Å². The fourth-order valence-electron chi connectivity index (χ4n) is 1.93. The standard InChI is InChI=1S/C12H13Cl2N3O2/c13-9-5-8(6-10(14)16-9)12(19)15-7-11(18)17-3-1-2-4-17/h5-6H,1-4,7H2,(H,15,19). The van der Waals surface area contributed by atoms with Gasteiger partial charge in [-0.25, -0.2) is 4.98 Å². The number of pyridine rings is 1. The summed E-state index contributed by atoms with van der Waals surface area (Å²) in [6, 6.07) is 2.81. The lowest BCUT2D eigenvalue weighted by molar-refractivity contribution is -0.129. The van der Waals surface area contributed by atoms with Crippen LogP contribution in [-0.4, -0.2) is 41.3 Å². The first-order valence-electron chi connectivity index (χ1n) is 5.95. The quantitative estimate of drug-likeness (QED) is 0.865. The molecule has 0 saturated carbocycles. The van der Waals surface area contributed by atoms with Gasteiger partial charge in [-0.1, -0.05) is 23.2 Å². The summed E-state index contributed by atoms with van der Waals surface area (Å²) in [5.74, 6) is -0.462. The molecule has 0 radical (unpaired) electrons. The first-order valence-corrected chi connectivity index (χ1v) is 6.71. The molecule has 19 heavy (non-hydrogen) atoms. The smallest absolute Gasteiger partial charge is 0.251 e. The third-order valence-electron chi connectivity index (χ3n) is 2.88. The molecule has 1 aliphatic rings. The molecule has 1 aliphatic heterocycles. The molecule has 1 aromatic rings. The fourth-order valence-corrected chi connectivity index (χ4v) is 2.39. The van der Waals surface area contributed by atoms with Crippen LogP contribution in [0.2, 0.25) is 10.3 Å². The second kappa shape index (κ2) is 6.21. The van der Waals surface area contributed by atoms with Gasteiger partial charge in [0.25, 0.3) is 5.91 Å². The van der Waals surface area contributed by atoms with Crippen LogP contribution in [0.5, 0.6) is 0 Å². The van der Waals surface area contributed by atoms with E-state index in [9.17, 15) is 9.59 Å². The molecule has 1 aromatic heterocycles. The van der Waals surface area contributed by atoms with Crippen molar-refractivity contribution in [1.82, 2.24) is 15.2 Å². The molecule has 1 fully saturated rings. The molecule has 0 atom stereocenters. The molecular weight excluding hydrogens is 289 g/mol. The van der Waals surface area contributed by atoms with E-state index in [1.807, 2.05) is 0 Å². The Morgan fingerprint density at radius 2 is 1.79 bits per heavy atom. The van der Waals surface area contributed by atoms with Crippen LogP contribution in [0.4, 0.5) is 0 Å². The highest BCUT2D eigenvalue weighted by molar-refractivity contribution is 6.33. The lowest BCUT2D eigenvalue weighted by atomic mass is 10.2. The fraction of sp³-hybridized carbons (Fsp3) is 0.417. The van der Waals surface area contributed by atoms with Crippen LogP contribution < -0.4 is 5.32 Å². The highest BCUT2D eigenvalue weighted by atomic mass is 35.5. The summed E-state index contributed by atoms with van der Waals surface area (Å²) < 4.78 is 0. The van der Waals surface area contributed by atoms with Crippen molar-refractivity contribution in [3.8, 4) is 0 Å². The largest absolute Gasteiger partial charge is 0.343 e. The Bertz CT molecular complexity index is 481. The Kier molecular flexibility index (Phi) is 4.61. The van der Waals surface area contributed by atoms with Crippen LogP contribution in [0.25, 0.3) is 0 Å². The van der Waals surface area contributed by atoms with Gasteiger partial charge < -0.3 is 10.2 Å². The molecule has 1 saturated heterocycles. The molecule has 7 heteroatoms. The van der Waals surface area contributed by atoms with Gasteiger partial charge in [-0.15, -0.1) is 0 Å². The number of amides is 2. The van der Waals surface area contributed by atoms with Crippen molar-refractivity contribution < 1.29 is 9.59 Å². The summed E-state index contributed by atoms with van der Waals surface area (Å²) in [4.78, 5) is 29.1. The summed E-state index contributed by atoms with van der Waals surface area (Å²) in [5, 5.41) is 2.84. The number of aromatic nitrogens is 1. The second-order valence-corrected chi connectivity index (χ2v) is 5.05. The van der Waals surface area contributed by atoms with Gasteiger partial charge >= 0.3 is 0 Å². The van der Waals surface area contributed by atoms with E-state index in [1.165, 1.54) is 12.1 Å². The molecule has 0 spiro atoms. The van der Waals surface area contributed by atoms with Gasteiger partial charge in [0.05, 0.1) is 6.54 Å². The number of hydrogen-bond donors (Lipinski definition) is 1. The predicted molar refractivity (Wildman–Crippen MR) is 72.4 cm³/mol. The molecular formula is C12H13Cl2N3O2. The van der Waals surface area contributed by atoms with E-state index in [0.717, 1.165) is 25.9 Å². The molecule has 102 valence electrons. The van der Waals surface area contributed by atoms with E-state index < -0.39 is 5.91 Å². The molecule has 1 N–H and O–H groups in total. The van der Waals surface area contributed by atoms with Gasteiger partial charge in [0.15, 0.2) is 0 Å². The molecule has 2 rings (SSSR count). The van der Waals surface area contributed by atoms with Gasteiger partial charge in [-0.2, -0.15) is 0 Å². The number of carbonyl (C=O) groups is 2. The van der Waals surface area contributed by atoms with Crippen LogP contribution in [0, 0.1) is 0 Å². The molecule has 2 heterocycles. The zero-order chi connectivity index (χ0) is 13.8. The number of nitrogens with zero attached hydrogens (tertiary/aromatic N) is 2. The lowest BCUT2D eigenvalue weighted by Gasteiger charge is -2.15. The van der Waals surface area contributed by atoms with Gasteiger partial charge in [-0.05, 0) is 25.0 Å². The van der Waals surface area contributed by atoms with Crippen LogP contribution in [0.3, 0.4) is 0 Å². The maximum Gasteiger partial charge on any atom is 0.251 e. The van der Waals surface area contributed by atoms with Gasteiger partial charge in [0, 0.05) is 18.7 Å². The number of likely N-dealkylation sites (tertiary alicyclic amines) is 1. The monoisotopic (exact) mass is 301 g/mol. The molecule has 0 aromatic carbocycles. The van der Waals surface area contributed by atoms with Crippen molar-refractivity contribution in [3.63, 3.8) is 0 Å². The average molecular weight is 302 g/mol. The summed E-state index contributed by atoms with van der Waals surface area (Å²) in [6.07, 6.45) is 2.05. The number of rotatable bonds is 3. The highest BCUT2D eigenvalue weighted by Crippen LogP contribution is 2.14. The van der Waals surface area contributed by atoms with Gasteiger partial charge in [0.2, 0.25) is 5.91 Å². The number of carbonyl (C=O) groups excluding carboxylic acids is 2. The summed E-state index contributed by atoms with van der Waals surface area (Å²) in [5.41, 5.74) is 0.291. The van der Waals surface area contributed by atoms with Crippen LogP contribution in [0.1, 0.15) is 23.2 Å².